The van der Waals surface area contributed by atoms with Crippen molar-refractivity contribution >= 4 is 33.2 Å². The van der Waals surface area contributed by atoms with E-state index >= 15 is 0 Å². The van der Waals surface area contributed by atoms with E-state index in [9.17, 15) is 8.42 Å². The Morgan fingerprint density at radius 2 is 1.84 bits per heavy atom. The SMILES string of the molecule is O=S(=O)(NC(CCO)C1CC1)c1cc(Cl)cc(Cl)c1. The van der Waals surface area contributed by atoms with E-state index in [-0.39, 0.29) is 27.6 Å². The molecule has 7 heteroatoms. The number of halogens is 2. The van der Waals surface area contributed by atoms with Crippen LogP contribution in [-0.4, -0.2) is 26.2 Å². The van der Waals surface area contributed by atoms with Crippen LogP contribution in [0.15, 0.2) is 23.1 Å². The zero-order chi connectivity index (χ0) is 14.0. The Hall–Kier alpha value is -0.330. The maximum Gasteiger partial charge on any atom is 0.240 e. The highest BCUT2D eigenvalue weighted by molar-refractivity contribution is 7.89. The molecule has 0 radical (unpaired) electrons. The molecule has 1 aromatic rings. The summed E-state index contributed by atoms with van der Waals surface area (Å²) in [5, 5.41) is 9.54. The molecule has 1 fully saturated rings. The predicted molar refractivity (Wildman–Crippen MR) is 75.0 cm³/mol. The second-order valence-corrected chi connectivity index (χ2v) is 7.27. The first-order valence-electron chi connectivity index (χ1n) is 6.01. The highest BCUT2D eigenvalue weighted by atomic mass is 35.5. The second kappa shape index (κ2) is 5.97. The Kier molecular flexibility index (Phi) is 4.74. The number of hydrogen-bond acceptors (Lipinski definition) is 3. The third-order valence-electron chi connectivity index (χ3n) is 3.08. The van der Waals surface area contributed by atoms with E-state index in [2.05, 4.69) is 4.72 Å². The van der Waals surface area contributed by atoms with Crippen LogP contribution in [0.3, 0.4) is 0 Å². The van der Waals surface area contributed by atoms with Gasteiger partial charge in [0.1, 0.15) is 0 Å². The molecular weight excluding hydrogens is 309 g/mol. The number of nitrogens with one attached hydrogen (secondary N) is 1. The zero-order valence-electron chi connectivity index (χ0n) is 10.1. The third-order valence-corrected chi connectivity index (χ3v) is 4.99. The van der Waals surface area contributed by atoms with E-state index in [4.69, 9.17) is 28.3 Å². The summed E-state index contributed by atoms with van der Waals surface area (Å²) in [5.74, 6) is 0.316. The summed E-state index contributed by atoms with van der Waals surface area (Å²) >= 11 is 11.6. The lowest BCUT2D eigenvalue weighted by Gasteiger charge is -2.17. The van der Waals surface area contributed by atoms with Crippen LogP contribution >= 0.6 is 23.2 Å². The van der Waals surface area contributed by atoms with Crippen molar-refractivity contribution in [3.05, 3.63) is 28.2 Å². The quantitative estimate of drug-likeness (QED) is 0.845. The molecule has 0 heterocycles. The van der Waals surface area contributed by atoms with E-state index in [0.29, 0.717) is 12.3 Å². The minimum absolute atomic E-state index is 0.0417. The average molecular weight is 324 g/mol. The standard InChI is InChI=1S/C12H15Cl2NO3S/c13-9-5-10(14)7-11(6-9)19(17,18)15-12(3-4-16)8-1-2-8/h5-8,12,15-16H,1-4H2. The molecule has 2 rings (SSSR count). The highest BCUT2D eigenvalue weighted by Crippen LogP contribution is 2.35. The van der Waals surface area contributed by atoms with Crippen molar-refractivity contribution in [3.63, 3.8) is 0 Å². The Morgan fingerprint density at radius 3 is 2.32 bits per heavy atom. The summed E-state index contributed by atoms with van der Waals surface area (Å²) in [6.45, 7) is -0.0417. The lowest BCUT2D eigenvalue weighted by molar-refractivity contribution is 0.265. The van der Waals surface area contributed by atoms with Gasteiger partial charge in [-0.15, -0.1) is 0 Å². The van der Waals surface area contributed by atoms with Gasteiger partial charge in [-0.25, -0.2) is 13.1 Å². The molecule has 1 saturated carbocycles. The van der Waals surface area contributed by atoms with Crippen molar-refractivity contribution in [2.45, 2.75) is 30.2 Å². The molecular formula is C12H15Cl2NO3S. The summed E-state index contributed by atoms with van der Waals surface area (Å²) in [5.41, 5.74) is 0. The summed E-state index contributed by atoms with van der Waals surface area (Å²) in [7, 11) is -3.66. The number of rotatable bonds is 6. The Labute approximate surface area is 122 Å². The van der Waals surface area contributed by atoms with Crippen LogP contribution < -0.4 is 4.72 Å². The normalized spacial score (nSPS) is 17.4. The van der Waals surface area contributed by atoms with E-state index in [0.717, 1.165) is 12.8 Å². The largest absolute Gasteiger partial charge is 0.396 e. The Morgan fingerprint density at radius 1 is 1.26 bits per heavy atom. The number of sulfonamides is 1. The lowest BCUT2D eigenvalue weighted by Crippen LogP contribution is -2.37. The van der Waals surface area contributed by atoms with Crippen LogP contribution in [0.2, 0.25) is 10.0 Å². The van der Waals surface area contributed by atoms with Crippen LogP contribution in [0.25, 0.3) is 0 Å². The van der Waals surface area contributed by atoms with Crippen LogP contribution in [-0.2, 0) is 10.0 Å². The van der Waals surface area contributed by atoms with Crippen molar-refractivity contribution in [1.82, 2.24) is 4.72 Å². The molecule has 1 unspecified atom stereocenters. The molecule has 1 aliphatic rings. The molecule has 0 saturated heterocycles. The molecule has 1 atom stereocenters. The lowest BCUT2D eigenvalue weighted by atomic mass is 10.1. The molecule has 1 aliphatic carbocycles. The molecule has 0 spiro atoms. The van der Waals surface area contributed by atoms with Crippen LogP contribution in [0.4, 0.5) is 0 Å². The topological polar surface area (TPSA) is 66.4 Å². The Bertz CT molecular complexity index is 538. The maximum absolute atomic E-state index is 12.2. The Balaban J connectivity index is 2.20. The van der Waals surface area contributed by atoms with Crippen molar-refractivity contribution in [1.29, 1.82) is 0 Å². The van der Waals surface area contributed by atoms with E-state index < -0.39 is 10.0 Å². The average Bonchev–Trinajstić information content (AvgIpc) is 3.10. The van der Waals surface area contributed by atoms with Gasteiger partial charge in [-0.3, -0.25) is 0 Å². The minimum Gasteiger partial charge on any atom is -0.396 e. The maximum atomic E-state index is 12.2. The van der Waals surface area contributed by atoms with Gasteiger partial charge >= 0.3 is 0 Å². The van der Waals surface area contributed by atoms with E-state index in [1.54, 1.807) is 0 Å². The van der Waals surface area contributed by atoms with Gasteiger partial charge in [-0.1, -0.05) is 23.2 Å². The van der Waals surface area contributed by atoms with Crippen molar-refractivity contribution in [2.75, 3.05) is 6.61 Å². The van der Waals surface area contributed by atoms with Gasteiger partial charge in [0, 0.05) is 22.7 Å². The van der Waals surface area contributed by atoms with Crippen molar-refractivity contribution < 1.29 is 13.5 Å². The fourth-order valence-corrected chi connectivity index (χ4v) is 4.04. The summed E-state index contributed by atoms with van der Waals surface area (Å²) < 4.78 is 27.1. The number of aliphatic hydroxyl groups excluding tert-OH is 1. The summed E-state index contributed by atoms with van der Waals surface area (Å²) in [6.07, 6.45) is 2.39. The first-order chi connectivity index (χ1) is 8.92. The van der Waals surface area contributed by atoms with Gasteiger partial charge in [0.15, 0.2) is 0 Å². The molecule has 19 heavy (non-hydrogen) atoms. The molecule has 4 nitrogen and oxygen atoms in total. The molecule has 106 valence electrons. The van der Waals surface area contributed by atoms with Crippen LogP contribution in [0, 0.1) is 5.92 Å². The first kappa shape index (κ1) is 15.1. The zero-order valence-corrected chi connectivity index (χ0v) is 12.5. The minimum atomic E-state index is -3.66. The van der Waals surface area contributed by atoms with Gasteiger partial charge in [-0.05, 0) is 43.4 Å². The molecule has 0 bridgehead atoms. The fraction of sp³-hybridized carbons (Fsp3) is 0.500. The van der Waals surface area contributed by atoms with Gasteiger partial charge < -0.3 is 5.11 Å². The fourth-order valence-electron chi connectivity index (χ4n) is 1.98. The monoisotopic (exact) mass is 323 g/mol. The van der Waals surface area contributed by atoms with Gasteiger partial charge in [0.05, 0.1) is 4.90 Å². The second-order valence-electron chi connectivity index (χ2n) is 4.68. The highest BCUT2D eigenvalue weighted by Gasteiger charge is 2.34. The molecule has 1 aromatic carbocycles. The molecule has 0 aromatic heterocycles. The third kappa shape index (κ3) is 4.07. The predicted octanol–water partition coefficient (Wildman–Crippen LogP) is 2.43. The molecule has 2 N–H and O–H groups in total. The van der Waals surface area contributed by atoms with Crippen molar-refractivity contribution in [3.8, 4) is 0 Å². The van der Waals surface area contributed by atoms with E-state index in [1.807, 2.05) is 0 Å². The van der Waals surface area contributed by atoms with Gasteiger partial charge in [-0.2, -0.15) is 0 Å². The van der Waals surface area contributed by atoms with Crippen LogP contribution in [0.5, 0.6) is 0 Å². The summed E-state index contributed by atoms with van der Waals surface area (Å²) in [6, 6.07) is 3.97. The smallest absolute Gasteiger partial charge is 0.240 e. The number of hydrogen-bond donors (Lipinski definition) is 2. The molecule has 0 aliphatic heterocycles. The van der Waals surface area contributed by atoms with Crippen LogP contribution in [0.1, 0.15) is 19.3 Å². The first-order valence-corrected chi connectivity index (χ1v) is 8.25. The molecule has 0 amide bonds. The number of benzene rings is 1. The van der Waals surface area contributed by atoms with Crippen molar-refractivity contribution in [2.24, 2.45) is 5.92 Å². The van der Waals surface area contributed by atoms with Gasteiger partial charge in [0.2, 0.25) is 10.0 Å². The summed E-state index contributed by atoms with van der Waals surface area (Å²) in [4.78, 5) is 0.0496. The number of aliphatic hydroxyl groups is 1. The van der Waals surface area contributed by atoms with E-state index in [1.165, 1.54) is 18.2 Å². The van der Waals surface area contributed by atoms with Gasteiger partial charge in [0.25, 0.3) is 0 Å².